The van der Waals surface area contributed by atoms with Gasteiger partial charge in [0, 0.05) is 22.0 Å². The van der Waals surface area contributed by atoms with Crippen LogP contribution in [-0.2, 0) is 22.9 Å². The summed E-state index contributed by atoms with van der Waals surface area (Å²) in [7, 11) is -2.39. The molecule has 1 aromatic heterocycles. The molecule has 0 amide bonds. The van der Waals surface area contributed by atoms with Crippen LogP contribution in [0.2, 0.25) is 0 Å². The molecule has 0 bridgehead atoms. The van der Waals surface area contributed by atoms with Crippen molar-refractivity contribution in [2.45, 2.75) is 23.8 Å². The van der Waals surface area contributed by atoms with E-state index in [9.17, 15) is 18.0 Å². The van der Waals surface area contributed by atoms with Crippen molar-refractivity contribution in [1.82, 2.24) is 14.3 Å². The van der Waals surface area contributed by atoms with Crippen LogP contribution in [0.5, 0.6) is 0 Å². The predicted molar refractivity (Wildman–Crippen MR) is 140 cm³/mol. The van der Waals surface area contributed by atoms with E-state index < -0.39 is 21.3 Å². The van der Waals surface area contributed by atoms with E-state index in [1.54, 1.807) is 7.05 Å². The number of nitrogens with one attached hydrogen (secondary N) is 2. The number of nitrogens with zero attached hydrogens (tertiary/aromatic N) is 1. The lowest BCUT2D eigenvalue weighted by Crippen LogP contribution is -2.40. The van der Waals surface area contributed by atoms with Gasteiger partial charge in [-0.1, -0.05) is 56.1 Å². The highest BCUT2D eigenvalue weighted by molar-refractivity contribution is 9.10. The molecule has 0 fully saturated rings. The quantitative estimate of drug-likeness (QED) is 0.329. The summed E-state index contributed by atoms with van der Waals surface area (Å²) in [4.78, 5) is 28.4. The molecule has 0 atom stereocenters. The molecule has 176 valence electrons. The number of likely N-dealkylation sites (N-methyl/N-ethyl adjacent to an activating group) is 1. The van der Waals surface area contributed by atoms with Crippen molar-refractivity contribution in [3.63, 3.8) is 0 Å². The number of sulfonamides is 1. The molecule has 0 saturated heterocycles. The number of aromatic amines is 2. The first-order valence-electron chi connectivity index (χ1n) is 10.4. The van der Waals surface area contributed by atoms with Crippen LogP contribution in [0.25, 0.3) is 10.9 Å². The molecule has 4 aromatic rings. The normalized spacial score (nSPS) is 12.0. The van der Waals surface area contributed by atoms with Crippen molar-refractivity contribution in [2.75, 3.05) is 7.05 Å². The van der Waals surface area contributed by atoms with Gasteiger partial charge < -0.3 is 4.98 Å². The van der Waals surface area contributed by atoms with Gasteiger partial charge >= 0.3 is 5.69 Å². The zero-order chi connectivity index (χ0) is 24.5. The summed E-state index contributed by atoms with van der Waals surface area (Å²) in [6.07, 6.45) is 1.00. The second-order valence-electron chi connectivity index (χ2n) is 7.95. The fourth-order valence-electron chi connectivity index (χ4n) is 3.78. The van der Waals surface area contributed by atoms with Gasteiger partial charge in [-0.05, 0) is 66.4 Å². The van der Waals surface area contributed by atoms with Gasteiger partial charge in [0.15, 0.2) is 0 Å². The van der Waals surface area contributed by atoms with Crippen molar-refractivity contribution in [2.24, 2.45) is 0 Å². The Balaban J connectivity index is 1.72. The van der Waals surface area contributed by atoms with Crippen molar-refractivity contribution in [3.8, 4) is 0 Å². The summed E-state index contributed by atoms with van der Waals surface area (Å²) in [5.74, 6) is 0. The molecule has 0 radical (unpaired) electrons. The minimum absolute atomic E-state index is 0.0170. The van der Waals surface area contributed by atoms with Crippen LogP contribution in [0.15, 0.2) is 90.2 Å². The van der Waals surface area contributed by atoms with Crippen molar-refractivity contribution in [3.05, 3.63) is 108 Å². The Bertz CT molecular complexity index is 1500. The highest BCUT2D eigenvalue weighted by Crippen LogP contribution is 2.24. The van der Waals surface area contributed by atoms with Gasteiger partial charge in [0.05, 0.1) is 15.8 Å². The van der Waals surface area contributed by atoms with Crippen molar-refractivity contribution < 1.29 is 8.42 Å². The third kappa shape index (κ3) is 5.41. The van der Waals surface area contributed by atoms with Gasteiger partial charge in [0.2, 0.25) is 10.0 Å². The molecule has 10 heteroatoms. The Morgan fingerprint density at radius 2 is 1.35 bits per heavy atom. The van der Waals surface area contributed by atoms with Gasteiger partial charge in [-0.2, -0.15) is 4.31 Å². The molecule has 2 N–H and O–H groups in total. The van der Waals surface area contributed by atoms with E-state index in [-0.39, 0.29) is 21.8 Å². The van der Waals surface area contributed by atoms with E-state index >= 15 is 0 Å². The number of rotatable bonds is 7. The van der Waals surface area contributed by atoms with Crippen molar-refractivity contribution in [1.29, 1.82) is 0 Å². The van der Waals surface area contributed by atoms with Crippen LogP contribution in [0, 0.1) is 0 Å². The number of hydrogen-bond acceptors (Lipinski definition) is 4. The van der Waals surface area contributed by atoms with E-state index in [4.69, 9.17) is 0 Å². The van der Waals surface area contributed by atoms with E-state index in [0.29, 0.717) is 12.8 Å². The Morgan fingerprint density at radius 1 is 0.824 bits per heavy atom. The molecule has 1 heterocycles. The first kappa shape index (κ1) is 24.6. The molecule has 0 saturated carbocycles. The zero-order valence-corrected chi connectivity index (χ0v) is 22.1. The first-order valence-corrected chi connectivity index (χ1v) is 13.4. The number of hydrogen-bond donors (Lipinski definition) is 2. The van der Waals surface area contributed by atoms with Gasteiger partial charge in [-0.25, -0.2) is 13.2 Å². The Kier molecular flexibility index (Phi) is 7.22. The molecule has 0 unspecified atom stereocenters. The topological polar surface area (TPSA) is 103 Å². The van der Waals surface area contributed by atoms with Gasteiger partial charge in [0.1, 0.15) is 0 Å². The highest BCUT2D eigenvalue weighted by atomic mass is 79.9. The second kappa shape index (κ2) is 9.99. The lowest BCUT2D eigenvalue weighted by atomic mass is 9.99. The molecule has 0 aliphatic heterocycles. The summed E-state index contributed by atoms with van der Waals surface area (Å²) in [5, 5.41) is 0.103. The standard InChI is InChI=1S/C24H21Br2N3O4S/c1-29(34(32,33)20-10-11-22-21(14-20)23(30)28-24(31)27-22)19(12-15-2-6-17(25)7-3-15)13-16-4-8-18(26)9-5-16/h2-11,14,19H,12-13H2,1H3,(H2,27,28,30,31). The fourth-order valence-corrected chi connectivity index (χ4v) is 5.69. The summed E-state index contributed by atoms with van der Waals surface area (Å²) < 4.78 is 30.5. The van der Waals surface area contributed by atoms with Crippen molar-refractivity contribution >= 4 is 52.8 Å². The van der Waals surface area contributed by atoms with Crippen LogP contribution in [0.1, 0.15) is 11.1 Å². The van der Waals surface area contributed by atoms with Crippen LogP contribution in [0.4, 0.5) is 0 Å². The lowest BCUT2D eigenvalue weighted by Gasteiger charge is -2.28. The summed E-state index contributed by atoms with van der Waals surface area (Å²) >= 11 is 6.87. The van der Waals surface area contributed by atoms with Gasteiger partial charge in [-0.15, -0.1) is 0 Å². The molecule has 0 aliphatic carbocycles. The van der Waals surface area contributed by atoms with Crippen LogP contribution in [0.3, 0.4) is 0 Å². The average molecular weight is 607 g/mol. The summed E-state index contributed by atoms with van der Waals surface area (Å²) in [6, 6.07) is 19.3. The van der Waals surface area contributed by atoms with E-state index in [1.807, 2.05) is 48.5 Å². The molecule has 3 aromatic carbocycles. The Morgan fingerprint density at radius 3 is 1.88 bits per heavy atom. The van der Waals surface area contributed by atoms with Crippen LogP contribution >= 0.6 is 31.9 Å². The molecule has 34 heavy (non-hydrogen) atoms. The monoisotopic (exact) mass is 605 g/mol. The highest BCUT2D eigenvalue weighted by Gasteiger charge is 2.29. The first-order chi connectivity index (χ1) is 16.1. The number of benzene rings is 3. The average Bonchev–Trinajstić information content (AvgIpc) is 2.80. The summed E-state index contributed by atoms with van der Waals surface area (Å²) in [6.45, 7) is 0. The lowest BCUT2D eigenvalue weighted by molar-refractivity contribution is 0.362. The third-order valence-corrected chi connectivity index (χ3v) is 8.63. The minimum atomic E-state index is -3.94. The second-order valence-corrected chi connectivity index (χ2v) is 11.8. The molecule has 4 rings (SSSR count). The van der Waals surface area contributed by atoms with E-state index in [2.05, 4.69) is 41.8 Å². The minimum Gasteiger partial charge on any atom is -0.307 e. The fraction of sp³-hybridized carbons (Fsp3) is 0.167. The number of halogens is 2. The molecule has 0 aliphatic rings. The largest absolute Gasteiger partial charge is 0.326 e. The van der Waals surface area contributed by atoms with Crippen LogP contribution in [-0.4, -0.2) is 35.8 Å². The van der Waals surface area contributed by atoms with Crippen LogP contribution < -0.4 is 11.2 Å². The summed E-state index contributed by atoms with van der Waals surface area (Å²) in [5.41, 5.74) is 0.991. The third-order valence-electron chi connectivity index (χ3n) is 5.67. The molecule has 0 spiro atoms. The number of H-pyrrole nitrogens is 2. The number of aromatic nitrogens is 2. The molecule has 7 nitrogen and oxygen atoms in total. The van der Waals surface area contributed by atoms with Gasteiger partial charge in [-0.3, -0.25) is 9.78 Å². The number of fused-ring (bicyclic) bond motifs is 1. The Hall–Kier alpha value is -2.53. The maximum absolute atomic E-state index is 13.6. The maximum atomic E-state index is 13.6. The molecular formula is C24H21Br2N3O4S. The van der Waals surface area contributed by atoms with E-state index in [0.717, 1.165) is 20.1 Å². The smallest absolute Gasteiger partial charge is 0.307 e. The maximum Gasteiger partial charge on any atom is 0.326 e. The zero-order valence-electron chi connectivity index (χ0n) is 18.1. The SMILES string of the molecule is CN(C(Cc1ccc(Br)cc1)Cc1ccc(Br)cc1)S(=O)(=O)c1ccc2[nH]c(=O)[nH]c(=O)c2c1. The van der Waals surface area contributed by atoms with Gasteiger partial charge in [0.25, 0.3) is 5.56 Å². The predicted octanol–water partition coefficient (Wildman–Crippen LogP) is 4.22. The molecular weight excluding hydrogens is 586 g/mol. The Labute approximate surface area is 213 Å². The van der Waals surface area contributed by atoms with E-state index in [1.165, 1.54) is 22.5 Å².